The standard InChI is InChI=1S/C4H10N2O/c5-3-1-2-7-4(3)6/h3-4H,1-2,5-6H2/t3?,4-/m1/s1. The van der Waals surface area contributed by atoms with Crippen LogP contribution in [-0.2, 0) is 4.74 Å². The maximum Gasteiger partial charge on any atom is 0.120 e. The van der Waals surface area contributed by atoms with E-state index in [1.54, 1.807) is 0 Å². The zero-order valence-electron chi connectivity index (χ0n) is 4.13. The molecular weight excluding hydrogens is 92.1 g/mol. The Morgan fingerprint density at radius 3 is 2.29 bits per heavy atom. The normalized spacial score (nSPS) is 42.0. The molecule has 0 aromatic rings. The predicted octanol–water partition coefficient (Wildman–Crippen LogP) is -0.981. The Bertz CT molecular complexity index is 58.7. The van der Waals surface area contributed by atoms with E-state index in [1.165, 1.54) is 0 Å². The van der Waals surface area contributed by atoms with Crippen LogP contribution < -0.4 is 11.5 Å². The zero-order chi connectivity index (χ0) is 5.28. The van der Waals surface area contributed by atoms with Gasteiger partial charge in [-0.1, -0.05) is 0 Å². The highest BCUT2D eigenvalue weighted by Crippen LogP contribution is 2.04. The molecule has 0 spiro atoms. The minimum atomic E-state index is -0.208. The molecule has 1 aliphatic heterocycles. The molecule has 0 aromatic carbocycles. The van der Waals surface area contributed by atoms with Crippen molar-refractivity contribution in [3.05, 3.63) is 0 Å². The first kappa shape index (κ1) is 5.03. The van der Waals surface area contributed by atoms with Crippen LogP contribution in [0.4, 0.5) is 0 Å². The molecule has 3 nitrogen and oxygen atoms in total. The molecule has 1 heterocycles. The molecule has 0 saturated carbocycles. The van der Waals surface area contributed by atoms with Crippen molar-refractivity contribution >= 4 is 0 Å². The average Bonchev–Trinajstić information content (AvgIpc) is 1.91. The zero-order valence-corrected chi connectivity index (χ0v) is 4.13. The Morgan fingerprint density at radius 1 is 1.43 bits per heavy atom. The second-order valence-corrected chi connectivity index (χ2v) is 1.79. The molecule has 1 fully saturated rings. The van der Waals surface area contributed by atoms with E-state index in [1.807, 2.05) is 0 Å². The third-order valence-corrected chi connectivity index (χ3v) is 1.18. The van der Waals surface area contributed by atoms with Crippen molar-refractivity contribution in [1.82, 2.24) is 0 Å². The van der Waals surface area contributed by atoms with Crippen molar-refractivity contribution in [2.45, 2.75) is 18.7 Å². The fourth-order valence-electron chi connectivity index (χ4n) is 0.628. The predicted molar refractivity (Wildman–Crippen MR) is 26.5 cm³/mol. The van der Waals surface area contributed by atoms with Gasteiger partial charge in [0, 0.05) is 6.04 Å². The average molecular weight is 102 g/mol. The van der Waals surface area contributed by atoms with Gasteiger partial charge in [0.2, 0.25) is 0 Å². The largest absolute Gasteiger partial charge is 0.362 e. The highest BCUT2D eigenvalue weighted by Gasteiger charge is 2.19. The van der Waals surface area contributed by atoms with Crippen LogP contribution in [0.3, 0.4) is 0 Å². The van der Waals surface area contributed by atoms with E-state index in [0.29, 0.717) is 0 Å². The van der Waals surface area contributed by atoms with Crippen LogP contribution in [0, 0.1) is 0 Å². The molecule has 0 aromatic heterocycles. The number of hydrogen-bond donors (Lipinski definition) is 2. The van der Waals surface area contributed by atoms with Gasteiger partial charge in [0.05, 0.1) is 6.61 Å². The van der Waals surface area contributed by atoms with Crippen molar-refractivity contribution in [3.8, 4) is 0 Å². The Balaban J connectivity index is 2.33. The summed E-state index contributed by atoms with van der Waals surface area (Å²) >= 11 is 0. The molecule has 0 radical (unpaired) electrons. The SMILES string of the molecule is NC1CCO[C@H]1N. The van der Waals surface area contributed by atoms with E-state index in [2.05, 4.69) is 0 Å². The van der Waals surface area contributed by atoms with Gasteiger partial charge in [-0.15, -0.1) is 0 Å². The lowest BCUT2D eigenvalue weighted by atomic mass is 10.2. The molecule has 4 N–H and O–H groups in total. The van der Waals surface area contributed by atoms with Gasteiger partial charge in [-0.25, -0.2) is 0 Å². The summed E-state index contributed by atoms with van der Waals surface area (Å²) in [6.45, 7) is 0.725. The van der Waals surface area contributed by atoms with Crippen LogP contribution in [0.25, 0.3) is 0 Å². The molecule has 1 aliphatic rings. The molecule has 3 heteroatoms. The number of nitrogens with two attached hydrogens (primary N) is 2. The summed E-state index contributed by atoms with van der Waals surface area (Å²) in [6, 6.07) is 0.0694. The van der Waals surface area contributed by atoms with Crippen LogP contribution in [0.5, 0.6) is 0 Å². The molecule has 1 rings (SSSR count). The van der Waals surface area contributed by atoms with Crippen LogP contribution in [0.15, 0.2) is 0 Å². The lowest BCUT2D eigenvalue weighted by molar-refractivity contribution is 0.110. The Kier molecular flexibility index (Phi) is 1.27. The molecule has 0 bridgehead atoms. The van der Waals surface area contributed by atoms with E-state index < -0.39 is 0 Å². The van der Waals surface area contributed by atoms with Crippen molar-refractivity contribution in [3.63, 3.8) is 0 Å². The van der Waals surface area contributed by atoms with E-state index >= 15 is 0 Å². The van der Waals surface area contributed by atoms with Gasteiger partial charge in [-0.3, -0.25) is 0 Å². The van der Waals surface area contributed by atoms with Gasteiger partial charge in [0.15, 0.2) is 0 Å². The molecular formula is C4H10N2O. The van der Waals surface area contributed by atoms with Crippen molar-refractivity contribution in [2.24, 2.45) is 11.5 Å². The minimum absolute atomic E-state index is 0.0694. The molecule has 0 aliphatic carbocycles. The van der Waals surface area contributed by atoms with E-state index in [0.717, 1.165) is 13.0 Å². The van der Waals surface area contributed by atoms with Gasteiger partial charge in [0.25, 0.3) is 0 Å². The van der Waals surface area contributed by atoms with E-state index in [-0.39, 0.29) is 12.3 Å². The van der Waals surface area contributed by atoms with Gasteiger partial charge in [0.1, 0.15) is 6.23 Å². The Hall–Kier alpha value is -0.120. The lowest BCUT2D eigenvalue weighted by Gasteiger charge is -2.04. The lowest BCUT2D eigenvalue weighted by Crippen LogP contribution is -2.36. The van der Waals surface area contributed by atoms with Gasteiger partial charge in [-0.2, -0.15) is 0 Å². The van der Waals surface area contributed by atoms with Crippen LogP contribution in [-0.4, -0.2) is 18.9 Å². The summed E-state index contributed by atoms with van der Waals surface area (Å²) in [5.74, 6) is 0. The molecule has 1 saturated heterocycles. The fourth-order valence-corrected chi connectivity index (χ4v) is 0.628. The van der Waals surface area contributed by atoms with Gasteiger partial charge in [-0.05, 0) is 6.42 Å². The molecule has 42 valence electrons. The highest BCUT2D eigenvalue weighted by atomic mass is 16.5. The molecule has 7 heavy (non-hydrogen) atoms. The Morgan fingerprint density at radius 2 is 2.14 bits per heavy atom. The van der Waals surface area contributed by atoms with Crippen molar-refractivity contribution in [1.29, 1.82) is 0 Å². The smallest absolute Gasteiger partial charge is 0.120 e. The van der Waals surface area contributed by atoms with Crippen molar-refractivity contribution < 1.29 is 4.74 Å². The maximum absolute atomic E-state index is 5.43. The van der Waals surface area contributed by atoms with Crippen LogP contribution in [0.2, 0.25) is 0 Å². The fraction of sp³-hybridized carbons (Fsp3) is 1.00. The maximum atomic E-state index is 5.43. The minimum Gasteiger partial charge on any atom is -0.362 e. The monoisotopic (exact) mass is 102 g/mol. The summed E-state index contributed by atoms with van der Waals surface area (Å²) < 4.78 is 4.92. The summed E-state index contributed by atoms with van der Waals surface area (Å²) in [4.78, 5) is 0. The summed E-state index contributed by atoms with van der Waals surface area (Å²) in [7, 11) is 0. The van der Waals surface area contributed by atoms with Crippen molar-refractivity contribution in [2.75, 3.05) is 6.61 Å². The molecule has 2 atom stereocenters. The summed E-state index contributed by atoms with van der Waals surface area (Å²) in [5.41, 5.74) is 10.8. The van der Waals surface area contributed by atoms with Crippen LogP contribution >= 0.6 is 0 Å². The quantitative estimate of drug-likeness (QED) is 0.413. The summed E-state index contributed by atoms with van der Waals surface area (Å²) in [5, 5.41) is 0. The highest BCUT2D eigenvalue weighted by molar-refractivity contribution is 4.72. The third kappa shape index (κ3) is 0.907. The topological polar surface area (TPSA) is 61.3 Å². The summed E-state index contributed by atoms with van der Waals surface area (Å²) in [6.07, 6.45) is 0.696. The first-order valence-corrected chi connectivity index (χ1v) is 2.43. The molecule has 0 amide bonds. The number of ether oxygens (including phenoxy) is 1. The molecule has 1 unspecified atom stereocenters. The second kappa shape index (κ2) is 1.78. The number of hydrogen-bond acceptors (Lipinski definition) is 3. The second-order valence-electron chi connectivity index (χ2n) is 1.79. The van der Waals surface area contributed by atoms with Gasteiger partial charge >= 0.3 is 0 Å². The van der Waals surface area contributed by atoms with Crippen LogP contribution in [0.1, 0.15) is 6.42 Å². The van der Waals surface area contributed by atoms with E-state index in [4.69, 9.17) is 16.2 Å². The number of rotatable bonds is 0. The third-order valence-electron chi connectivity index (χ3n) is 1.18. The first-order valence-electron chi connectivity index (χ1n) is 2.43. The first-order chi connectivity index (χ1) is 3.30. The van der Waals surface area contributed by atoms with Gasteiger partial charge < -0.3 is 16.2 Å². The Labute approximate surface area is 42.6 Å². The van der Waals surface area contributed by atoms with E-state index in [9.17, 15) is 0 Å².